The highest BCUT2D eigenvalue weighted by molar-refractivity contribution is 5.59. The van der Waals surface area contributed by atoms with E-state index in [1.165, 1.54) is 0 Å². The Labute approximate surface area is 109 Å². The molecule has 108 valence electrons. The average Bonchev–Trinajstić information content (AvgIpc) is 2.26. The van der Waals surface area contributed by atoms with Gasteiger partial charge in [0, 0.05) is 30.1 Å². The van der Waals surface area contributed by atoms with Gasteiger partial charge < -0.3 is 20.5 Å². The van der Waals surface area contributed by atoms with Gasteiger partial charge >= 0.3 is 6.18 Å². The Kier molecular flexibility index (Phi) is 5.75. The van der Waals surface area contributed by atoms with Crippen molar-refractivity contribution < 1.29 is 22.6 Å². The molecule has 1 rings (SSSR count). The zero-order chi connectivity index (χ0) is 14.3. The van der Waals surface area contributed by atoms with Crippen LogP contribution in [0.1, 0.15) is 6.92 Å². The summed E-state index contributed by atoms with van der Waals surface area (Å²) in [5.74, 6) is 0.612. The second-order valence-corrected chi connectivity index (χ2v) is 3.82. The lowest BCUT2D eigenvalue weighted by molar-refractivity contribution is -0.172. The molecule has 0 bridgehead atoms. The summed E-state index contributed by atoms with van der Waals surface area (Å²) >= 11 is 0. The largest absolute Gasteiger partial charge is 0.494 e. The maximum atomic E-state index is 11.8. The summed E-state index contributed by atoms with van der Waals surface area (Å²) in [5, 5.41) is 2.92. The van der Waals surface area contributed by atoms with Gasteiger partial charge in [-0.15, -0.1) is 0 Å². The van der Waals surface area contributed by atoms with Crippen LogP contribution in [0.15, 0.2) is 18.2 Å². The molecule has 0 heterocycles. The van der Waals surface area contributed by atoms with E-state index in [4.69, 9.17) is 10.5 Å². The highest BCUT2D eigenvalue weighted by atomic mass is 19.4. The predicted octanol–water partition coefficient (Wildman–Crippen LogP) is 2.66. The van der Waals surface area contributed by atoms with Crippen molar-refractivity contribution in [2.24, 2.45) is 0 Å². The van der Waals surface area contributed by atoms with Crippen LogP contribution in [0.3, 0.4) is 0 Å². The topological polar surface area (TPSA) is 56.5 Å². The van der Waals surface area contributed by atoms with Crippen LogP contribution in [0.2, 0.25) is 0 Å². The molecule has 3 N–H and O–H groups in total. The van der Waals surface area contributed by atoms with Crippen LogP contribution in [0.4, 0.5) is 24.5 Å². The van der Waals surface area contributed by atoms with E-state index in [2.05, 4.69) is 10.1 Å². The van der Waals surface area contributed by atoms with E-state index < -0.39 is 12.8 Å². The van der Waals surface area contributed by atoms with E-state index in [-0.39, 0.29) is 13.2 Å². The van der Waals surface area contributed by atoms with Crippen molar-refractivity contribution in [3.63, 3.8) is 0 Å². The molecule has 0 unspecified atom stereocenters. The van der Waals surface area contributed by atoms with Crippen molar-refractivity contribution in [1.82, 2.24) is 0 Å². The van der Waals surface area contributed by atoms with Crippen molar-refractivity contribution in [1.29, 1.82) is 0 Å². The van der Waals surface area contributed by atoms with Crippen LogP contribution in [0.5, 0.6) is 5.75 Å². The van der Waals surface area contributed by atoms with Gasteiger partial charge in [-0.2, -0.15) is 13.2 Å². The van der Waals surface area contributed by atoms with Gasteiger partial charge in [-0.05, 0) is 13.0 Å². The van der Waals surface area contributed by atoms with E-state index >= 15 is 0 Å². The van der Waals surface area contributed by atoms with Gasteiger partial charge in [0.25, 0.3) is 0 Å². The first kappa shape index (κ1) is 15.4. The van der Waals surface area contributed by atoms with Crippen molar-refractivity contribution in [3.05, 3.63) is 18.2 Å². The fourth-order valence-corrected chi connectivity index (χ4v) is 1.43. The summed E-state index contributed by atoms with van der Waals surface area (Å²) in [4.78, 5) is 0. The van der Waals surface area contributed by atoms with Crippen molar-refractivity contribution in [3.8, 4) is 5.75 Å². The number of nitrogens with one attached hydrogen (secondary N) is 1. The number of benzene rings is 1. The molecule has 0 aliphatic rings. The lowest BCUT2D eigenvalue weighted by Gasteiger charge is -2.11. The van der Waals surface area contributed by atoms with Crippen LogP contribution < -0.4 is 15.8 Å². The van der Waals surface area contributed by atoms with Crippen LogP contribution in [0.25, 0.3) is 0 Å². The summed E-state index contributed by atoms with van der Waals surface area (Å²) in [6, 6.07) is 5.07. The molecule has 0 aliphatic heterocycles. The number of alkyl halides is 3. The molecule has 0 spiro atoms. The zero-order valence-electron chi connectivity index (χ0n) is 10.6. The number of hydrogen-bond acceptors (Lipinski definition) is 4. The number of anilines is 2. The molecule has 0 aromatic heterocycles. The summed E-state index contributed by atoms with van der Waals surface area (Å²) in [5.41, 5.74) is 6.88. The van der Waals surface area contributed by atoms with Gasteiger partial charge in [0.15, 0.2) is 0 Å². The van der Waals surface area contributed by atoms with Gasteiger partial charge in [-0.3, -0.25) is 0 Å². The van der Waals surface area contributed by atoms with Gasteiger partial charge in [0.2, 0.25) is 0 Å². The lowest BCUT2D eigenvalue weighted by Crippen LogP contribution is -2.20. The van der Waals surface area contributed by atoms with E-state index in [1.807, 2.05) is 6.92 Å². The first-order valence-electron chi connectivity index (χ1n) is 5.82. The van der Waals surface area contributed by atoms with E-state index in [1.54, 1.807) is 18.2 Å². The van der Waals surface area contributed by atoms with E-state index in [9.17, 15) is 13.2 Å². The minimum atomic E-state index is -4.29. The fourth-order valence-electron chi connectivity index (χ4n) is 1.43. The Morgan fingerprint density at radius 1 is 1.26 bits per heavy atom. The Morgan fingerprint density at radius 3 is 2.63 bits per heavy atom. The summed E-state index contributed by atoms with van der Waals surface area (Å²) in [6.07, 6.45) is -4.29. The van der Waals surface area contributed by atoms with Gasteiger partial charge in [0.1, 0.15) is 12.4 Å². The highest BCUT2D eigenvalue weighted by Gasteiger charge is 2.27. The highest BCUT2D eigenvalue weighted by Crippen LogP contribution is 2.22. The molecular formula is C12H17F3N2O2. The van der Waals surface area contributed by atoms with Gasteiger partial charge in [-0.25, -0.2) is 0 Å². The molecule has 0 atom stereocenters. The normalized spacial score (nSPS) is 11.4. The Balaban J connectivity index is 2.36. The van der Waals surface area contributed by atoms with E-state index in [0.29, 0.717) is 23.7 Å². The molecule has 0 radical (unpaired) electrons. The van der Waals surface area contributed by atoms with Crippen molar-refractivity contribution in [2.75, 3.05) is 37.4 Å². The fraction of sp³-hybridized carbons (Fsp3) is 0.500. The Morgan fingerprint density at radius 2 is 2.00 bits per heavy atom. The molecular weight excluding hydrogens is 261 g/mol. The second kappa shape index (κ2) is 7.08. The predicted molar refractivity (Wildman–Crippen MR) is 67.4 cm³/mol. The third-order valence-electron chi connectivity index (χ3n) is 2.08. The molecule has 0 saturated carbocycles. The molecule has 4 nitrogen and oxygen atoms in total. The second-order valence-electron chi connectivity index (χ2n) is 3.82. The smallest absolute Gasteiger partial charge is 0.411 e. The quantitative estimate of drug-likeness (QED) is 0.594. The molecule has 19 heavy (non-hydrogen) atoms. The number of ether oxygens (including phenoxy) is 2. The number of rotatable bonds is 7. The average molecular weight is 278 g/mol. The summed E-state index contributed by atoms with van der Waals surface area (Å²) in [7, 11) is 0. The van der Waals surface area contributed by atoms with Gasteiger partial charge in [-0.1, -0.05) is 0 Å². The number of halogens is 3. The van der Waals surface area contributed by atoms with Crippen LogP contribution in [-0.2, 0) is 4.74 Å². The molecule has 1 aromatic rings. The third kappa shape index (κ3) is 6.76. The molecule has 0 saturated heterocycles. The minimum Gasteiger partial charge on any atom is -0.494 e. The van der Waals surface area contributed by atoms with Gasteiger partial charge in [0.05, 0.1) is 13.2 Å². The Hall–Kier alpha value is -1.63. The summed E-state index contributed by atoms with van der Waals surface area (Å²) < 4.78 is 45.2. The molecule has 0 aliphatic carbocycles. The summed E-state index contributed by atoms with van der Waals surface area (Å²) in [6.45, 7) is 1.33. The first-order chi connectivity index (χ1) is 8.90. The number of nitrogens with two attached hydrogens (primary N) is 1. The maximum absolute atomic E-state index is 11.8. The molecule has 1 aromatic carbocycles. The number of hydrogen-bond donors (Lipinski definition) is 2. The molecule has 0 amide bonds. The minimum absolute atomic E-state index is 0.0434. The maximum Gasteiger partial charge on any atom is 0.411 e. The Bertz CT molecular complexity index is 397. The standard InChI is InChI=1S/C12H17F3N2O2/c1-2-19-11-6-9(16)5-10(7-11)17-3-4-18-8-12(13,14)15/h5-7,17H,2-4,8,16H2,1H3. The third-order valence-corrected chi connectivity index (χ3v) is 2.08. The van der Waals surface area contributed by atoms with Crippen LogP contribution in [-0.4, -0.2) is 32.5 Å². The zero-order valence-corrected chi connectivity index (χ0v) is 10.6. The SMILES string of the molecule is CCOc1cc(N)cc(NCCOCC(F)(F)F)c1. The molecule has 7 heteroatoms. The van der Waals surface area contributed by atoms with Crippen molar-refractivity contribution >= 4 is 11.4 Å². The van der Waals surface area contributed by atoms with Crippen LogP contribution in [0, 0.1) is 0 Å². The van der Waals surface area contributed by atoms with Crippen molar-refractivity contribution in [2.45, 2.75) is 13.1 Å². The molecule has 0 fully saturated rings. The van der Waals surface area contributed by atoms with E-state index in [0.717, 1.165) is 0 Å². The van der Waals surface area contributed by atoms with Crippen LogP contribution >= 0.6 is 0 Å². The lowest BCUT2D eigenvalue weighted by atomic mass is 10.2. The number of nitrogen functional groups attached to an aromatic ring is 1. The monoisotopic (exact) mass is 278 g/mol. The first-order valence-corrected chi connectivity index (χ1v) is 5.82.